The first-order valence-electron chi connectivity index (χ1n) is 12.8. The fourth-order valence-electron chi connectivity index (χ4n) is 5.26. The molecule has 0 radical (unpaired) electrons. The van der Waals surface area contributed by atoms with Crippen LogP contribution in [-0.2, 0) is 20.6 Å². The molecule has 8 nitrogen and oxygen atoms in total. The van der Waals surface area contributed by atoms with Gasteiger partial charge in [-0.1, -0.05) is 46.8 Å². The van der Waals surface area contributed by atoms with Gasteiger partial charge in [-0.15, -0.1) is 0 Å². The number of thioether (sulfide) groups is 1. The third-order valence-electron chi connectivity index (χ3n) is 7.08. The summed E-state index contributed by atoms with van der Waals surface area (Å²) >= 11 is 8.21. The second-order valence-electron chi connectivity index (χ2n) is 9.80. The van der Waals surface area contributed by atoms with Gasteiger partial charge < -0.3 is 15.0 Å². The van der Waals surface area contributed by atoms with Crippen LogP contribution < -0.4 is 19.8 Å². The summed E-state index contributed by atoms with van der Waals surface area (Å²) in [6.07, 6.45) is -4.70. The van der Waals surface area contributed by atoms with Crippen LogP contribution in [0.5, 0.6) is 5.75 Å². The van der Waals surface area contributed by atoms with E-state index < -0.39 is 69.5 Å². The van der Waals surface area contributed by atoms with Gasteiger partial charge in [0.1, 0.15) is 16.8 Å². The number of carbonyl (C=O) groups excluding carboxylic acids is 3. The quantitative estimate of drug-likeness (QED) is 0.192. The normalized spacial score (nSPS) is 19.5. The van der Waals surface area contributed by atoms with Crippen molar-refractivity contribution in [1.29, 1.82) is 0 Å². The first-order valence-corrected chi connectivity index (χ1v) is 14.9. The number of benzene rings is 3. The van der Waals surface area contributed by atoms with E-state index in [4.69, 9.17) is 16.3 Å². The average Bonchev–Trinajstić information content (AvgIpc) is 3.46. The number of hydrogen-bond acceptors (Lipinski definition) is 7. The molecule has 0 bridgehead atoms. The molecule has 3 atom stereocenters. The predicted molar refractivity (Wildman–Crippen MR) is 156 cm³/mol. The molecule has 2 N–H and O–H groups in total. The van der Waals surface area contributed by atoms with Gasteiger partial charge in [-0.25, -0.2) is 9.29 Å². The van der Waals surface area contributed by atoms with Crippen molar-refractivity contribution in [3.05, 3.63) is 103 Å². The summed E-state index contributed by atoms with van der Waals surface area (Å²) in [6, 6.07) is 13.7. The van der Waals surface area contributed by atoms with Crippen molar-refractivity contribution >= 4 is 63.8 Å². The summed E-state index contributed by atoms with van der Waals surface area (Å²) < 4.78 is 59.6. The Bertz CT molecular complexity index is 1860. The molecule has 44 heavy (non-hydrogen) atoms. The Morgan fingerprint density at radius 1 is 1.02 bits per heavy atom. The number of nitrogens with one attached hydrogen (secondary N) is 2. The number of ether oxygens (including phenoxy) is 1. The minimum Gasteiger partial charge on any atom is -0.483 e. The highest BCUT2D eigenvalue weighted by atomic mass is 35.5. The summed E-state index contributed by atoms with van der Waals surface area (Å²) in [5, 5.41) is 1.84. The number of aromatic amines is 1. The van der Waals surface area contributed by atoms with Crippen molar-refractivity contribution in [2.45, 2.75) is 22.4 Å². The zero-order chi connectivity index (χ0) is 31.3. The van der Waals surface area contributed by atoms with Crippen molar-refractivity contribution in [1.82, 2.24) is 4.98 Å². The molecule has 226 valence electrons. The van der Waals surface area contributed by atoms with E-state index in [2.05, 4.69) is 10.3 Å². The van der Waals surface area contributed by atoms with Crippen LogP contribution in [0.15, 0.2) is 76.6 Å². The molecular weight excluding hydrogens is 646 g/mol. The largest absolute Gasteiger partial charge is 0.483 e. The number of halogens is 5. The van der Waals surface area contributed by atoms with Crippen LogP contribution >= 0.6 is 34.7 Å². The minimum absolute atomic E-state index is 0.0663. The van der Waals surface area contributed by atoms with E-state index in [0.29, 0.717) is 9.90 Å². The zero-order valence-electron chi connectivity index (χ0n) is 22.0. The summed E-state index contributed by atoms with van der Waals surface area (Å²) in [4.78, 5) is 56.3. The standard InChI is InChI=1S/C29H18ClF4N3O5S2/c30-13-5-10-19(42-12-20(38)35-18-4-2-1-3-17(18)29(32,33)34)16(11-13)21-22-24(43-25-23(21)44-28(41)36-25)27(40)37(26(22)39)15-8-6-14(31)7-9-15/h1-11,21-22,24H,12H2,(H,35,38)(H,36,41). The second-order valence-corrected chi connectivity index (χ2v) is 12.4. The number of thiazole rings is 1. The molecule has 2 aliphatic heterocycles. The van der Waals surface area contributed by atoms with Gasteiger partial charge in [-0.2, -0.15) is 13.2 Å². The molecule has 3 aromatic carbocycles. The molecule has 3 amide bonds. The van der Waals surface area contributed by atoms with E-state index >= 15 is 0 Å². The molecule has 4 aromatic rings. The number of hydrogen-bond donors (Lipinski definition) is 2. The number of nitrogens with zero attached hydrogens (tertiary/aromatic N) is 1. The molecule has 2 aliphatic rings. The molecule has 15 heteroatoms. The van der Waals surface area contributed by atoms with E-state index in [0.717, 1.165) is 52.3 Å². The number of amides is 3. The maximum atomic E-state index is 13.9. The van der Waals surface area contributed by atoms with Gasteiger partial charge in [0.2, 0.25) is 11.8 Å². The van der Waals surface area contributed by atoms with Gasteiger partial charge >= 0.3 is 11.0 Å². The number of fused-ring (bicyclic) bond motifs is 2. The number of rotatable bonds is 6. The smallest absolute Gasteiger partial charge is 0.418 e. The van der Waals surface area contributed by atoms with Crippen molar-refractivity contribution in [3.8, 4) is 5.75 Å². The molecule has 6 rings (SSSR count). The van der Waals surface area contributed by atoms with Gasteiger partial charge in [0.05, 0.1) is 27.9 Å². The monoisotopic (exact) mass is 663 g/mol. The lowest BCUT2D eigenvalue weighted by Gasteiger charge is -2.31. The number of anilines is 2. The number of H-pyrrole nitrogens is 1. The number of imide groups is 1. The molecule has 1 aromatic heterocycles. The highest BCUT2D eigenvalue weighted by Gasteiger charge is 2.57. The van der Waals surface area contributed by atoms with Crippen LogP contribution in [0.1, 0.15) is 21.9 Å². The third kappa shape index (κ3) is 5.48. The highest BCUT2D eigenvalue weighted by molar-refractivity contribution is 8.00. The van der Waals surface area contributed by atoms with Crippen LogP contribution in [0.25, 0.3) is 0 Å². The number of alkyl halides is 3. The molecule has 1 saturated heterocycles. The average molecular weight is 664 g/mol. The predicted octanol–water partition coefficient (Wildman–Crippen LogP) is 6.06. The van der Waals surface area contributed by atoms with Crippen molar-refractivity contribution < 1.29 is 36.7 Å². The minimum atomic E-state index is -4.70. The molecule has 0 saturated carbocycles. The van der Waals surface area contributed by atoms with E-state index in [1.807, 2.05) is 0 Å². The maximum Gasteiger partial charge on any atom is 0.418 e. The van der Waals surface area contributed by atoms with Crippen LogP contribution in [0, 0.1) is 11.7 Å². The summed E-state index contributed by atoms with van der Waals surface area (Å²) in [7, 11) is 0. The molecule has 3 heterocycles. The van der Waals surface area contributed by atoms with Gasteiger partial charge in [0.15, 0.2) is 6.61 Å². The summed E-state index contributed by atoms with van der Waals surface area (Å²) in [5.74, 6) is -4.49. The first kappa shape index (κ1) is 29.9. The lowest BCUT2D eigenvalue weighted by atomic mass is 9.82. The Balaban J connectivity index is 1.34. The van der Waals surface area contributed by atoms with Crippen LogP contribution in [0.3, 0.4) is 0 Å². The van der Waals surface area contributed by atoms with Crippen molar-refractivity contribution in [3.63, 3.8) is 0 Å². The summed E-state index contributed by atoms with van der Waals surface area (Å²) in [6.45, 7) is -0.707. The fraction of sp³-hybridized carbons (Fsp3) is 0.172. The molecular formula is C29H18ClF4N3O5S2. The van der Waals surface area contributed by atoms with Crippen LogP contribution in [0.4, 0.5) is 28.9 Å². The highest BCUT2D eigenvalue weighted by Crippen LogP contribution is 2.54. The Labute approximate surface area is 259 Å². The lowest BCUT2D eigenvalue weighted by Crippen LogP contribution is -2.32. The van der Waals surface area contributed by atoms with Gasteiger partial charge in [0.25, 0.3) is 5.91 Å². The Morgan fingerprint density at radius 2 is 1.75 bits per heavy atom. The topological polar surface area (TPSA) is 109 Å². The number of carbonyl (C=O) groups is 3. The van der Waals surface area contributed by atoms with E-state index in [-0.39, 0.29) is 22.0 Å². The zero-order valence-corrected chi connectivity index (χ0v) is 24.4. The third-order valence-corrected chi connectivity index (χ3v) is 9.72. The van der Waals surface area contributed by atoms with Crippen molar-refractivity contribution in [2.75, 3.05) is 16.8 Å². The molecule has 1 fully saturated rings. The van der Waals surface area contributed by atoms with Gasteiger partial charge in [0, 0.05) is 21.4 Å². The van der Waals surface area contributed by atoms with Gasteiger partial charge in [-0.3, -0.25) is 19.2 Å². The van der Waals surface area contributed by atoms with Gasteiger partial charge in [-0.05, 0) is 54.6 Å². The fourth-order valence-corrected chi connectivity index (χ4v) is 7.95. The van der Waals surface area contributed by atoms with Crippen molar-refractivity contribution in [2.24, 2.45) is 5.92 Å². The van der Waals surface area contributed by atoms with Crippen LogP contribution in [0.2, 0.25) is 5.02 Å². The SMILES string of the molecule is O=C(COc1ccc(Cl)cc1C1c2sc(=O)[nH]c2SC2C(=O)N(c3ccc(F)cc3)C(=O)C21)Nc1ccccc1C(F)(F)F. The van der Waals surface area contributed by atoms with E-state index in [1.165, 1.54) is 42.5 Å². The molecule has 0 aliphatic carbocycles. The second kappa shape index (κ2) is 11.4. The first-order chi connectivity index (χ1) is 20.9. The van der Waals surface area contributed by atoms with E-state index in [9.17, 15) is 36.7 Å². The van der Waals surface area contributed by atoms with Crippen LogP contribution in [-0.4, -0.2) is 34.6 Å². The molecule has 3 unspecified atom stereocenters. The summed E-state index contributed by atoms with van der Waals surface area (Å²) in [5.41, 5.74) is -1.02. The van der Waals surface area contributed by atoms with E-state index in [1.54, 1.807) is 0 Å². The molecule has 0 spiro atoms. The Hall–Kier alpha value is -4.14. The number of para-hydroxylation sites is 1. The Morgan fingerprint density at radius 3 is 2.48 bits per heavy atom. The maximum absolute atomic E-state index is 13.9. The number of aromatic nitrogens is 1. The lowest BCUT2D eigenvalue weighted by molar-refractivity contribution is -0.137. The Kier molecular flexibility index (Phi) is 7.76.